The predicted molar refractivity (Wildman–Crippen MR) is 90.1 cm³/mol. The minimum absolute atomic E-state index is 0.180. The number of pyridine rings is 2. The second kappa shape index (κ2) is 5.90. The lowest BCUT2D eigenvalue weighted by atomic mass is 10.1. The molecule has 0 radical (unpaired) electrons. The van der Waals surface area contributed by atoms with Crippen molar-refractivity contribution >= 4 is 27.8 Å². The molecular weight excluding hydrogens is 323 g/mol. The number of oxime groups is 1. The molecule has 0 unspecified atom stereocenters. The van der Waals surface area contributed by atoms with E-state index >= 15 is 0 Å². The minimum Gasteiger partial charge on any atom is -0.411 e. The molecule has 0 aliphatic heterocycles. The highest BCUT2D eigenvalue weighted by atomic mass is 19.1. The number of benzene rings is 1. The van der Waals surface area contributed by atoms with Gasteiger partial charge in [-0.1, -0.05) is 16.4 Å². The molecule has 124 valence electrons. The average molecular weight is 336 g/mol. The number of nitrogens with zero attached hydrogens (tertiary/aromatic N) is 6. The predicted octanol–water partition coefficient (Wildman–Crippen LogP) is 2.76. The van der Waals surface area contributed by atoms with E-state index in [1.807, 2.05) is 6.07 Å². The van der Waals surface area contributed by atoms with Gasteiger partial charge in [-0.15, -0.1) is 5.10 Å². The summed E-state index contributed by atoms with van der Waals surface area (Å²) in [5.41, 5.74) is 3.01. The highest BCUT2D eigenvalue weighted by Gasteiger charge is 2.12. The van der Waals surface area contributed by atoms with Crippen molar-refractivity contribution in [3.8, 4) is 0 Å². The van der Waals surface area contributed by atoms with E-state index in [0.29, 0.717) is 33.6 Å². The van der Waals surface area contributed by atoms with Crippen molar-refractivity contribution in [1.82, 2.24) is 25.0 Å². The van der Waals surface area contributed by atoms with Gasteiger partial charge in [-0.25, -0.2) is 14.1 Å². The third-order valence-corrected chi connectivity index (χ3v) is 3.97. The van der Waals surface area contributed by atoms with Crippen molar-refractivity contribution < 1.29 is 9.60 Å². The third-order valence-electron chi connectivity index (χ3n) is 3.97. The summed E-state index contributed by atoms with van der Waals surface area (Å²) in [6, 6.07) is 10.3. The van der Waals surface area contributed by atoms with Crippen LogP contribution < -0.4 is 0 Å². The molecule has 4 aromatic rings. The molecule has 0 saturated carbocycles. The summed E-state index contributed by atoms with van der Waals surface area (Å²) >= 11 is 0. The molecule has 0 fully saturated rings. The summed E-state index contributed by atoms with van der Waals surface area (Å²) in [6.07, 6.45) is 1.63. The molecular formula is C17H13FN6O. The van der Waals surface area contributed by atoms with Crippen LogP contribution in [0.3, 0.4) is 0 Å². The molecule has 0 bridgehead atoms. The van der Waals surface area contributed by atoms with Gasteiger partial charge in [-0.2, -0.15) is 0 Å². The maximum atomic E-state index is 14.4. The van der Waals surface area contributed by atoms with Crippen LogP contribution in [0.2, 0.25) is 0 Å². The number of rotatable bonds is 3. The van der Waals surface area contributed by atoms with Gasteiger partial charge in [0.1, 0.15) is 17.0 Å². The lowest BCUT2D eigenvalue weighted by molar-refractivity contribution is 0.319. The van der Waals surface area contributed by atoms with Crippen LogP contribution in [0.5, 0.6) is 0 Å². The highest BCUT2D eigenvalue weighted by Crippen LogP contribution is 2.19. The summed E-state index contributed by atoms with van der Waals surface area (Å²) in [5, 5.41) is 21.0. The smallest absolute Gasteiger partial charge is 0.179 e. The van der Waals surface area contributed by atoms with E-state index in [1.54, 1.807) is 37.4 Å². The number of fused-ring (bicyclic) bond motifs is 2. The molecule has 8 heteroatoms. The zero-order valence-electron chi connectivity index (χ0n) is 13.3. The fraction of sp³-hybridized carbons (Fsp3) is 0.118. The SMILES string of the molecule is C/C(=N\O)c1ccc2nnn(Cc3cc4cccnc4cc3F)c2n1. The van der Waals surface area contributed by atoms with E-state index in [-0.39, 0.29) is 12.4 Å². The number of hydrogen-bond donors (Lipinski definition) is 1. The molecule has 1 N–H and O–H groups in total. The maximum absolute atomic E-state index is 14.4. The third kappa shape index (κ3) is 2.67. The Hall–Kier alpha value is -3.42. The van der Waals surface area contributed by atoms with E-state index in [0.717, 1.165) is 5.39 Å². The van der Waals surface area contributed by atoms with Crippen molar-refractivity contribution in [2.24, 2.45) is 5.16 Å². The lowest BCUT2D eigenvalue weighted by Gasteiger charge is -2.06. The normalized spacial score (nSPS) is 12.2. The quantitative estimate of drug-likeness (QED) is 0.353. The van der Waals surface area contributed by atoms with Gasteiger partial charge in [0.2, 0.25) is 0 Å². The zero-order valence-corrected chi connectivity index (χ0v) is 13.3. The Bertz CT molecular complexity index is 1120. The molecule has 0 saturated heterocycles. The fourth-order valence-electron chi connectivity index (χ4n) is 2.64. The fourth-order valence-corrected chi connectivity index (χ4v) is 2.64. The topological polar surface area (TPSA) is 89.1 Å². The highest BCUT2D eigenvalue weighted by molar-refractivity contribution is 5.97. The van der Waals surface area contributed by atoms with Gasteiger partial charge in [0.05, 0.1) is 17.8 Å². The van der Waals surface area contributed by atoms with Gasteiger partial charge >= 0.3 is 0 Å². The van der Waals surface area contributed by atoms with Crippen molar-refractivity contribution in [2.75, 3.05) is 0 Å². The molecule has 0 atom stereocenters. The zero-order chi connectivity index (χ0) is 17.4. The van der Waals surface area contributed by atoms with Gasteiger partial charge in [0.25, 0.3) is 0 Å². The number of halogens is 1. The van der Waals surface area contributed by atoms with Crippen molar-refractivity contribution in [3.05, 3.63) is 59.7 Å². The molecule has 3 aromatic heterocycles. The van der Waals surface area contributed by atoms with Gasteiger partial charge < -0.3 is 5.21 Å². The van der Waals surface area contributed by atoms with Gasteiger partial charge in [-0.05, 0) is 31.2 Å². The minimum atomic E-state index is -0.362. The lowest BCUT2D eigenvalue weighted by Crippen LogP contribution is -2.07. The molecule has 0 aliphatic carbocycles. The van der Waals surface area contributed by atoms with Crippen molar-refractivity contribution in [3.63, 3.8) is 0 Å². The molecule has 0 aliphatic rings. The van der Waals surface area contributed by atoms with E-state index in [2.05, 4.69) is 25.4 Å². The summed E-state index contributed by atoms with van der Waals surface area (Å²) in [6.45, 7) is 1.82. The van der Waals surface area contributed by atoms with Crippen LogP contribution in [-0.2, 0) is 6.54 Å². The molecule has 0 spiro atoms. The van der Waals surface area contributed by atoms with Gasteiger partial charge in [0, 0.05) is 23.2 Å². The van der Waals surface area contributed by atoms with Crippen LogP contribution in [0.1, 0.15) is 18.2 Å². The van der Waals surface area contributed by atoms with Crippen LogP contribution >= 0.6 is 0 Å². The number of hydrogen-bond acceptors (Lipinski definition) is 6. The summed E-state index contributed by atoms with van der Waals surface area (Å²) in [5.74, 6) is -0.362. The second-order valence-electron chi connectivity index (χ2n) is 5.61. The van der Waals surface area contributed by atoms with Crippen molar-refractivity contribution in [1.29, 1.82) is 0 Å². The van der Waals surface area contributed by atoms with Crippen LogP contribution in [0.4, 0.5) is 4.39 Å². The molecule has 1 aromatic carbocycles. The first-order valence-corrected chi connectivity index (χ1v) is 7.58. The van der Waals surface area contributed by atoms with Crippen LogP contribution in [0, 0.1) is 5.82 Å². The Morgan fingerprint density at radius 3 is 2.96 bits per heavy atom. The van der Waals surface area contributed by atoms with E-state index in [9.17, 15) is 4.39 Å². The molecule has 25 heavy (non-hydrogen) atoms. The summed E-state index contributed by atoms with van der Waals surface area (Å²) < 4.78 is 15.9. The first kappa shape index (κ1) is 15.1. The Morgan fingerprint density at radius 1 is 1.24 bits per heavy atom. The first-order valence-electron chi connectivity index (χ1n) is 7.58. The molecule has 0 amide bonds. The van der Waals surface area contributed by atoms with Crippen LogP contribution in [0.25, 0.3) is 22.1 Å². The van der Waals surface area contributed by atoms with Crippen molar-refractivity contribution in [2.45, 2.75) is 13.5 Å². The van der Waals surface area contributed by atoms with Crippen LogP contribution in [-0.4, -0.2) is 35.9 Å². The number of aromatic nitrogens is 5. The van der Waals surface area contributed by atoms with E-state index in [4.69, 9.17) is 5.21 Å². The Labute approximate surface area is 141 Å². The monoisotopic (exact) mass is 336 g/mol. The van der Waals surface area contributed by atoms with Crippen LogP contribution in [0.15, 0.2) is 47.8 Å². The van der Waals surface area contributed by atoms with E-state index in [1.165, 1.54) is 10.7 Å². The molecule has 4 rings (SSSR count). The molecule has 3 heterocycles. The largest absolute Gasteiger partial charge is 0.411 e. The maximum Gasteiger partial charge on any atom is 0.179 e. The average Bonchev–Trinajstić information content (AvgIpc) is 3.04. The second-order valence-corrected chi connectivity index (χ2v) is 5.61. The van der Waals surface area contributed by atoms with Gasteiger partial charge in [0.15, 0.2) is 5.65 Å². The summed E-state index contributed by atoms with van der Waals surface area (Å²) in [4.78, 5) is 8.55. The van der Waals surface area contributed by atoms with E-state index < -0.39 is 0 Å². The Kier molecular flexibility index (Phi) is 3.57. The standard InChI is InChI=1S/C17H13FN6O/c1-10(22-25)14-4-5-15-17(20-14)24(23-21-15)9-12-7-11-3-2-6-19-16(11)8-13(12)18/h2-8,25H,9H2,1H3/b22-10+. The summed E-state index contributed by atoms with van der Waals surface area (Å²) in [7, 11) is 0. The Balaban J connectivity index is 1.79. The Morgan fingerprint density at radius 2 is 2.12 bits per heavy atom. The first-order chi connectivity index (χ1) is 12.2. The molecule has 7 nitrogen and oxygen atoms in total. The van der Waals surface area contributed by atoms with Gasteiger partial charge in [-0.3, -0.25) is 4.98 Å².